The van der Waals surface area contributed by atoms with E-state index in [0.717, 1.165) is 41.7 Å². The fourth-order valence-corrected chi connectivity index (χ4v) is 7.21. The Morgan fingerprint density at radius 2 is 1.65 bits per heavy atom. The van der Waals surface area contributed by atoms with Crippen LogP contribution in [0.1, 0.15) is 44.2 Å². The van der Waals surface area contributed by atoms with Crippen molar-refractivity contribution < 1.29 is 5.11 Å². The van der Waals surface area contributed by atoms with Crippen LogP contribution in [0.5, 0.6) is 0 Å². The minimum absolute atomic E-state index is 0.0593. The van der Waals surface area contributed by atoms with Crippen molar-refractivity contribution in [2.24, 2.45) is 17.8 Å². The molecule has 0 spiro atoms. The molecule has 1 N–H and O–H groups in total. The summed E-state index contributed by atoms with van der Waals surface area (Å²) in [6, 6.07) is 0. The van der Waals surface area contributed by atoms with Gasteiger partial charge in [0.15, 0.2) is 5.13 Å². The Morgan fingerprint density at radius 1 is 1.04 bits per heavy atom. The summed E-state index contributed by atoms with van der Waals surface area (Å²) in [5, 5.41) is 12.3. The Hall–Kier alpha value is -0.650. The van der Waals surface area contributed by atoms with Crippen LogP contribution in [-0.2, 0) is 6.61 Å². The van der Waals surface area contributed by atoms with Gasteiger partial charge >= 0.3 is 0 Å². The van der Waals surface area contributed by atoms with Crippen molar-refractivity contribution in [2.45, 2.75) is 50.7 Å². The van der Waals surface area contributed by atoms with Gasteiger partial charge in [0.25, 0.3) is 0 Å². The molecule has 4 bridgehead atoms. The molecule has 0 radical (unpaired) electrons. The van der Waals surface area contributed by atoms with Crippen molar-refractivity contribution in [1.82, 2.24) is 9.88 Å². The first-order chi connectivity index (χ1) is 11.2. The summed E-state index contributed by atoms with van der Waals surface area (Å²) in [5.74, 6) is 3.10. The molecule has 4 aliphatic carbocycles. The van der Waals surface area contributed by atoms with Gasteiger partial charge in [-0.05, 0) is 56.3 Å². The molecule has 1 aromatic heterocycles. The maximum atomic E-state index is 9.20. The first-order valence-corrected chi connectivity index (χ1v) is 10.2. The first-order valence-electron chi connectivity index (χ1n) is 9.29. The van der Waals surface area contributed by atoms with Gasteiger partial charge in [-0.3, -0.25) is 4.90 Å². The Labute approximate surface area is 142 Å². The van der Waals surface area contributed by atoms with E-state index in [1.165, 1.54) is 51.6 Å². The van der Waals surface area contributed by atoms with E-state index in [0.29, 0.717) is 5.54 Å². The Morgan fingerprint density at radius 3 is 2.17 bits per heavy atom. The van der Waals surface area contributed by atoms with Crippen molar-refractivity contribution in [3.05, 3.63) is 11.1 Å². The number of aliphatic hydroxyl groups is 1. The molecule has 4 nitrogen and oxygen atoms in total. The largest absolute Gasteiger partial charge is 0.390 e. The highest BCUT2D eigenvalue weighted by molar-refractivity contribution is 7.13. The van der Waals surface area contributed by atoms with Crippen LogP contribution in [0.2, 0.25) is 0 Å². The summed E-state index contributed by atoms with van der Waals surface area (Å²) >= 11 is 1.68. The van der Waals surface area contributed by atoms with Gasteiger partial charge in [0.05, 0.1) is 12.3 Å². The number of rotatable bonds is 3. The number of hydrogen-bond acceptors (Lipinski definition) is 5. The molecular weight excluding hydrogens is 306 g/mol. The van der Waals surface area contributed by atoms with Crippen LogP contribution < -0.4 is 4.90 Å². The molecule has 0 aromatic carbocycles. The van der Waals surface area contributed by atoms with Crippen LogP contribution in [0, 0.1) is 17.8 Å². The lowest BCUT2D eigenvalue weighted by atomic mass is 9.52. The molecule has 5 aliphatic rings. The van der Waals surface area contributed by atoms with E-state index in [2.05, 4.69) is 14.8 Å². The van der Waals surface area contributed by atoms with Crippen molar-refractivity contribution >= 4 is 16.5 Å². The van der Waals surface area contributed by atoms with Crippen molar-refractivity contribution in [2.75, 3.05) is 31.1 Å². The number of anilines is 1. The average molecular weight is 334 g/mol. The molecule has 6 rings (SSSR count). The van der Waals surface area contributed by atoms with Crippen molar-refractivity contribution in [1.29, 1.82) is 0 Å². The van der Waals surface area contributed by atoms with E-state index >= 15 is 0 Å². The monoisotopic (exact) mass is 333 g/mol. The predicted molar refractivity (Wildman–Crippen MR) is 92.7 cm³/mol. The molecule has 4 saturated carbocycles. The molecule has 23 heavy (non-hydrogen) atoms. The minimum atomic E-state index is 0.0593. The van der Waals surface area contributed by atoms with Gasteiger partial charge in [-0.2, -0.15) is 0 Å². The lowest BCUT2D eigenvalue weighted by Gasteiger charge is -2.61. The zero-order valence-electron chi connectivity index (χ0n) is 13.8. The third kappa shape index (κ3) is 2.43. The van der Waals surface area contributed by atoms with Crippen LogP contribution >= 0.6 is 11.3 Å². The zero-order valence-corrected chi connectivity index (χ0v) is 14.6. The van der Waals surface area contributed by atoms with Crippen LogP contribution in [-0.4, -0.2) is 46.7 Å². The van der Waals surface area contributed by atoms with Gasteiger partial charge in [0, 0.05) is 37.1 Å². The summed E-state index contributed by atoms with van der Waals surface area (Å²) in [4.78, 5) is 9.82. The topological polar surface area (TPSA) is 39.6 Å². The highest BCUT2D eigenvalue weighted by atomic mass is 32.1. The third-order valence-electron chi connectivity index (χ3n) is 6.93. The summed E-state index contributed by atoms with van der Waals surface area (Å²) in [6.45, 7) is 4.64. The zero-order chi connectivity index (χ0) is 15.4. The van der Waals surface area contributed by atoms with Crippen molar-refractivity contribution in [3.8, 4) is 0 Å². The van der Waals surface area contributed by atoms with E-state index in [1.54, 1.807) is 11.3 Å². The molecule has 0 unspecified atom stereocenters. The fourth-order valence-electron chi connectivity index (χ4n) is 6.34. The Kier molecular flexibility index (Phi) is 3.46. The third-order valence-corrected chi connectivity index (χ3v) is 7.88. The number of aromatic nitrogens is 1. The second-order valence-electron chi connectivity index (χ2n) is 8.40. The van der Waals surface area contributed by atoms with E-state index < -0.39 is 0 Å². The van der Waals surface area contributed by atoms with E-state index in [1.807, 2.05) is 5.38 Å². The molecule has 0 amide bonds. The predicted octanol–water partition coefficient (Wildman–Crippen LogP) is 2.73. The van der Waals surface area contributed by atoms with Gasteiger partial charge in [-0.15, -0.1) is 11.3 Å². The second-order valence-corrected chi connectivity index (χ2v) is 9.23. The number of thiazole rings is 1. The summed E-state index contributed by atoms with van der Waals surface area (Å²) in [5.41, 5.74) is 1.37. The molecule has 5 heteroatoms. The first kappa shape index (κ1) is 14.7. The van der Waals surface area contributed by atoms with Gasteiger partial charge in [-0.25, -0.2) is 4.98 Å². The summed E-state index contributed by atoms with van der Waals surface area (Å²) < 4.78 is 0. The minimum Gasteiger partial charge on any atom is -0.390 e. The van der Waals surface area contributed by atoms with Crippen LogP contribution in [0.15, 0.2) is 5.38 Å². The molecule has 5 fully saturated rings. The van der Waals surface area contributed by atoms with Gasteiger partial charge < -0.3 is 10.0 Å². The quantitative estimate of drug-likeness (QED) is 0.923. The molecule has 1 saturated heterocycles. The summed E-state index contributed by atoms with van der Waals surface area (Å²) in [7, 11) is 0. The maximum absolute atomic E-state index is 9.20. The molecule has 126 valence electrons. The smallest absolute Gasteiger partial charge is 0.185 e. The summed E-state index contributed by atoms with van der Waals surface area (Å²) in [6.07, 6.45) is 9.02. The van der Waals surface area contributed by atoms with Crippen LogP contribution in [0.4, 0.5) is 5.13 Å². The fraction of sp³-hybridized carbons (Fsp3) is 0.833. The number of nitrogens with zero attached hydrogens (tertiary/aromatic N) is 3. The van der Waals surface area contributed by atoms with Crippen LogP contribution in [0.3, 0.4) is 0 Å². The molecule has 1 aliphatic heterocycles. The molecular formula is C18H27N3OS. The highest BCUT2D eigenvalue weighted by Gasteiger charge is 2.53. The molecule has 1 aromatic rings. The number of aliphatic hydroxyl groups excluding tert-OH is 1. The Balaban J connectivity index is 1.28. The van der Waals surface area contributed by atoms with E-state index in [-0.39, 0.29) is 6.61 Å². The Bertz CT molecular complexity index is 543. The van der Waals surface area contributed by atoms with E-state index in [4.69, 9.17) is 0 Å². The van der Waals surface area contributed by atoms with Crippen molar-refractivity contribution in [3.63, 3.8) is 0 Å². The maximum Gasteiger partial charge on any atom is 0.185 e. The average Bonchev–Trinajstić information content (AvgIpc) is 3.03. The SMILES string of the molecule is OCc1csc(N2CCN(C34CC5CC(CC(C5)C3)C4)CC2)n1. The number of piperazine rings is 1. The van der Waals surface area contributed by atoms with Gasteiger partial charge in [0.2, 0.25) is 0 Å². The van der Waals surface area contributed by atoms with E-state index in [9.17, 15) is 5.11 Å². The molecule has 2 heterocycles. The van der Waals surface area contributed by atoms with Crippen LogP contribution in [0.25, 0.3) is 0 Å². The lowest BCUT2D eigenvalue weighted by Crippen LogP contribution is -2.63. The van der Waals surface area contributed by atoms with Gasteiger partial charge in [-0.1, -0.05) is 0 Å². The molecule has 0 atom stereocenters. The second kappa shape index (κ2) is 5.43. The number of hydrogen-bond donors (Lipinski definition) is 1. The lowest BCUT2D eigenvalue weighted by molar-refractivity contribution is -0.0901. The van der Waals surface area contributed by atoms with Gasteiger partial charge in [0.1, 0.15) is 0 Å². The normalized spacial score (nSPS) is 40.0. The standard InChI is InChI=1S/C18H27N3OS/c22-11-16-12-23-17(19-16)20-1-3-21(4-2-20)18-8-13-5-14(9-18)7-15(6-13)10-18/h12-15,22H,1-11H2. The highest BCUT2D eigenvalue weighted by Crippen LogP contribution is 2.57.